The van der Waals surface area contributed by atoms with Crippen LogP contribution in [0.4, 0.5) is 5.95 Å². The van der Waals surface area contributed by atoms with Gasteiger partial charge >= 0.3 is 5.69 Å². The Labute approximate surface area is 115 Å². The van der Waals surface area contributed by atoms with Crippen molar-refractivity contribution in [3.05, 3.63) is 20.8 Å². The fraction of sp³-hybridized carbons (Fsp3) is 0.583. The second kappa shape index (κ2) is 4.78. The van der Waals surface area contributed by atoms with E-state index in [2.05, 4.69) is 20.2 Å². The van der Waals surface area contributed by atoms with Crippen molar-refractivity contribution in [1.82, 2.24) is 19.1 Å². The van der Waals surface area contributed by atoms with E-state index in [-0.39, 0.29) is 11.2 Å². The molecule has 20 heavy (non-hydrogen) atoms. The van der Waals surface area contributed by atoms with Crippen LogP contribution in [0.1, 0.15) is 6.42 Å². The Morgan fingerprint density at radius 2 is 1.95 bits per heavy atom. The van der Waals surface area contributed by atoms with Gasteiger partial charge in [-0.2, -0.15) is 4.98 Å². The largest absolute Gasteiger partial charge is 0.345 e. The van der Waals surface area contributed by atoms with Crippen LogP contribution in [0.2, 0.25) is 0 Å². The van der Waals surface area contributed by atoms with Crippen molar-refractivity contribution in [1.29, 1.82) is 0 Å². The maximum Gasteiger partial charge on any atom is 0.332 e. The number of nitrogens with two attached hydrogens (primary N) is 1. The van der Waals surface area contributed by atoms with Crippen molar-refractivity contribution in [3.63, 3.8) is 0 Å². The van der Waals surface area contributed by atoms with Gasteiger partial charge in [0.25, 0.3) is 5.56 Å². The summed E-state index contributed by atoms with van der Waals surface area (Å²) >= 11 is 0. The van der Waals surface area contributed by atoms with E-state index in [1.165, 1.54) is 11.6 Å². The Morgan fingerprint density at radius 3 is 2.75 bits per heavy atom. The molecular formula is C12H19N6O2+. The number of anilines is 1. The summed E-state index contributed by atoms with van der Waals surface area (Å²) in [7, 11) is 3.11. The molecule has 0 aromatic carbocycles. The summed E-state index contributed by atoms with van der Waals surface area (Å²) in [5.74, 6) is 0.675. The highest BCUT2D eigenvalue weighted by Crippen LogP contribution is 2.13. The van der Waals surface area contributed by atoms with Gasteiger partial charge in [0.15, 0.2) is 11.2 Å². The number of aromatic nitrogens is 4. The average Bonchev–Trinajstić information content (AvgIpc) is 2.71. The minimum atomic E-state index is -0.357. The van der Waals surface area contributed by atoms with Crippen LogP contribution in [-0.4, -0.2) is 45.3 Å². The van der Waals surface area contributed by atoms with Gasteiger partial charge in [-0.15, -0.1) is 0 Å². The SMILES string of the molecule is Cn1c(=O)c2[nH]c(N3CCC[NH2+]CC3)nc2n(C)c1=O. The number of nitrogens with one attached hydrogen (secondary N) is 1. The van der Waals surface area contributed by atoms with Crippen molar-refractivity contribution >= 4 is 17.1 Å². The van der Waals surface area contributed by atoms with Crippen LogP contribution in [0, 0.1) is 0 Å². The van der Waals surface area contributed by atoms with Crippen LogP contribution in [0.15, 0.2) is 9.59 Å². The Hall–Kier alpha value is -2.09. The number of nitrogens with zero attached hydrogens (tertiary/aromatic N) is 4. The predicted molar refractivity (Wildman–Crippen MR) is 75.1 cm³/mol. The lowest BCUT2D eigenvalue weighted by molar-refractivity contribution is -0.650. The number of rotatable bonds is 1. The predicted octanol–water partition coefficient (Wildman–Crippen LogP) is -2.27. The first kappa shape index (κ1) is 12.9. The lowest BCUT2D eigenvalue weighted by Gasteiger charge is -2.16. The van der Waals surface area contributed by atoms with Crippen LogP contribution in [-0.2, 0) is 14.1 Å². The molecule has 0 unspecified atom stereocenters. The smallest absolute Gasteiger partial charge is 0.332 e. The lowest BCUT2D eigenvalue weighted by Crippen LogP contribution is -2.84. The average molecular weight is 279 g/mol. The molecule has 0 aliphatic carbocycles. The normalized spacial score (nSPS) is 16.6. The van der Waals surface area contributed by atoms with E-state index in [0.29, 0.717) is 17.1 Å². The van der Waals surface area contributed by atoms with Crippen LogP contribution < -0.4 is 21.5 Å². The first-order valence-electron chi connectivity index (χ1n) is 6.82. The molecule has 108 valence electrons. The third kappa shape index (κ3) is 1.92. The highest BCUT2D eigenvalue weighted by molar-refractivity contribution is 5.72. The molecule has 0 amide bonds. The monoisotopic (exact) mass is 279 g/mol. The second-order valence-electron chi connectivity index (χ2n) is 5.17. The third-order valence-corrected chi connectivity index (χ3v) is 3.82. The molecule has 8 nitrogen and oxygen atoms in total. The van der Waals surface area contributed by atoms with Gasteiger partial charge in [0.1, 0.15) is 0 Å². The molecule has 0 bridgehead atoms. The second-order valence-corrected chi connectivity index (χ2v) is 5.17. The molecule has 1 aliphatic rings. The molecule has 2 aromatic rings. The maximum absolute atomic E-state index is 12.1. The summed E-state index contributed by atoms with van der Waals surface area (Å²) in [5, 5.41) is 2.28. The zero-order valence-electron chi connectivity index (χ0n) is 11.7. The third-order valence-electron chi connectivity index (χ3n) is 3.82. The number of quaternary nitrogens is 1. The topological polar surface area (TPSA) is 92.5 Å². The van der Waals surface area contributed by atoms with Gasteiger partial charge in [0, 0.05) is 27.1 Å². The Kier molecular flexibility index (Phi) is 3.09. The summed E-state index contributed by atoms with van der Waals surface area (Å²) in [6.07, 6.45) is 1.08. The van der Waals surface area contributed by atoms with E-state index >= 15 is 0 Å². The van der Waals surface area contributed by atoms with Crippen molar-refractivity contribution in [2.75, 3.05) is 31.1 Å². The van der Waals surface area contributed by atoms with E-state index in [1.807, 2.05) is 0 Å². The molecular weight excluding hydrogens is 260 g/mol. The van der Waals surface area contributed by atoms with Crippen molar-refractivity contribution < 1.29 is 5.32 Å². The summed E-state index contributed by atoms with van der Waals surface area (Å²) in [4.78, 5) is 33.7. The fourth-order valence-electron chi connectivity index (χ4n) is 2.61. The number of hydrogen-bond acceptors (Lipinski definition) is 4. The number of aromatic amines is 1. The summed E-state index contributed by atoms with van der Waals surface area (Å²) in [6.45, 7) is 3.91. The fourth-order valence-corrected chi connectivity index (χ4v) is 2.61. The molecule has 1 saturated heterocycles. The van der Waals surface area contributed by atoms with E-state index in [9.17, 15) is 9.59 Å². The summed E-state index contributed by atoms with van der Waals surface area (Å²) < 4.78 is 2.50. The maximum atomic E-state index is 12.1. The molecule has 1 aliphatic heterocycles. The lowest BCUT2D eigenvalue weighted by atomic mass is 10.4. The van der Waals surface area contributed by atoms with E-state index < -0.39 is 0 Å². The quantitative estimate of drug-likeness (QED) is 0.616. The molecule has 3 heterocycles. The van der Waals surface area contributed by atoms with Gasteiger partial charge in [-0.05, 0) is 0 Å². The minimum Gasteiger partial charge on any atom is -0.345 e. The summed E-state index contributed by atoms with van der Waals surface area (Å²) in [5.41, 5.74) is 0.118. The highest BCUT2D eigenvalue weighted by atomic mass is 16.2. The van der Waals surface area contributed by atoms with E-state index in [4.69, 9.17) is 0 Å². The standard InChI is InChI=1S/C12H18N6O2/c1-16-9-8(10(19)17(2)12(16)20)14-11(15-9)18-6-3-4-13-5-7-18/h13H,3-7H2,1-2H3,(H,14,15)/p+1. The molecule has 3 N–H and O–H groups in total. The highest BCUT2D eigenvalue weighted by Gasteiger charge is 2.18. The molecule has 0 atom stereocenters. The molecule has 3 rings (SSSR count). The number of aryl methyl sites for hydroxylation is 1. The minimum absolute atomic E-state index is 0.330. The first-order chi connectivity index (χ1) is 9.59. The van der Waals surface area contributed by atoms with Crippen LogP contribution >= 0.6 is 0 Å². The van der Waals surface area contributed by atoms with E-state index in [0.717, 1.165) is 37.2 Å². The van der Waals surface area contributed by atoms with Gasteiger partial charge in [-0.3, -0.25) is 13.9 Å². The number of fused-ring (bicyclic) bond motifs is 1. The van der Waals surface area contributed by atoms with Gasteiger partial charge in [0.05, 0.1) is 19.6 Å². The van der Waals surface area contributed by atoms with Gasteiger partial charge in [0.2, 0.25) is 5.95 Å². The van der Waals surface area contributed by atoms with E-state index in [1.54, 1.807) is 7.05 Å². The van der Waals surface area contributed by atoms with Crippen LogP contribution in [0.25, 0.3) is 11.2 Å². The van der Waals surface area contributed by atoms with Gasteiger partial charge in [-0.25, -0.2) is 4.79 Å². The van der Waals surface area contributed by atoms with Crippen LogP contribution in [0.5, 0.6) is 0 Å². The zero-order chi connectivity index (χ0) is 14.3. The molecule has 0 spiro atoms. The van der Waals surface area contributed by atoms with Gasteiger partial charge in [-0.1, -0.05) is 0 Å². The molecule has 0 saturated carbocycles. The van der Waals surface area contributed by atoms with Crippen molar-refractivity contribution in [2.45, 2.75) is 6.42 Å². The van der Waals surface area contributed by atoms with Crippen molar-refractivity contribution in [3.8, 4) is 0 Å². The Morgan fingerprint density at radius 1 is 1.15 bits per heavy atom. The number of hydrogen-bond donors (Lipinski definition) is 2. The Bertz CT molecular complexity index is 748. The summed E-state index contributed by atoms with van der Waals surface area (Å²) in [6, 6.07) is 0. The Balaban J connectivity index is 2.15. The number of imidazole rings is 1. The molecule has 0 radical (unpaired) electrons. The molecule has 2 aromatic heterocycles. The zero-order valence-corrected chi connectivity index (χ0v) is 11.7. The number of H-pyrrole nitrogens is 1. The first-order valence-corrected chi connectivity index (χ1v) is 6.82. The van der Waals surface area contributed by atoms with Gasteiger partial charge < -0.3 is 15.2 Å². The van der Waals surface area contributed by atoms with Crippen molar-refractivity contribution in [2.24, 2.45) is 14.1 Å². The molecule has 1 fully saturated rings. The van der Waals surface area contributed by atoms with Crippen LogP contribution in [0.3, 0.4) is 0 Å². The molecule has 8 heteroatoms.